The van der Waals surface area contributed by atoms with Crippen LogP contribution < -0.4 is 10.6 Å². The summed E-state index contributed by atoms with van der Waals surface area (Å²) in [6.45, 7) is 0.547. The van der Waals surface area contributed by atoms with E-state index in [2.05, 4.69) is 10.6 Å². The zero-order valence-corrected chi connectivity index (χ0v) is 8.01. The number of hydrogen-bond donors (Lipinski definition) is 2. The van der Waals surface area contributed by atoms with E-state index in [4.69, 9.17) is 0 Å². The summed E-state index contributed by atoms with van der Waals surface area (Å²) in [4.78, 5) is 10.8. The van der Waals surface area contributed by atoms with Gasteiger partial charge in [0.15, 0.2) is 0 Å². The van der Waals surface area contributed by atoms with E-state index >= 15 is 0 Å². The first-order valence-corrected chi connectivity index (χ1v) is 4.42. The molecule has 3 nitrogen and oxygen atoms in total. The molecule has 0 aromatic heterocycles. The molecule has 1 aromatic carbocycles. The second-order valence-corrected chi connectivity index (χ2v) is 2.86. The van der Waals surface area contributed by atoms with Crippen LogP contribution in [0.15, 0.2) is 24.3 Å². The maximum atomic E-state index is 12.5. The molecule has 4 heteroatoms. The molecule has 0 bridgehead atoms. The van der Waals surface area contributed by atoms with Gasteiger partial charge in [-0.05, 0) is 24.3 Å². The Bertz CT molecular complexity index is 297. The molecule has 0 spiro atoms. The van der Waals surface area contributed by atoms with Crippen molar-refractivity contribution >= 4 is 11.6 Å². The fraction of sp³-hybridized carbons (Fsp3) is 0.300. The molecule has 1 rings (SSSR count). The van der Waals surface area contributed by atoms with Gasteiger partial charge in [0.2, 0.25) is 5.91 Å². The predicted octanol–water partition coefficient (Wildman–Crippen LogP) is 1.37. The second-order valence-electron chi connectivity index (χ2n) is 2.86. The Morgan fingerprint density at radius 3 is 2.57 bits per heavy atom. The van der Waals surface area contributed by atoms with Gasteiger partial charge in [-0.2, -0.15) is 0 Å². The average molecular weight is 196 g/mol. The van der Waals surface area contributed by atoms with E-state index in [0.717, 1.165) is 5.69 Å². The smallest absolute Gasteiger partial charge is 0.221 e. The van der Waals surface area contributed by atoms with Crippen molar-refractivity contribution < 1.29 is 9.18 Å². The second kappa shape index (κ2) is 5.21. The molecule has 1 amide bonds. The molecule has 76 valence electrons. The number of carbonyl (C=O) groups is 1. The molecule has 0 unspecified atom stereocenters. The van der Waals surface area contributed by atoms with Gasteiger partial charge in [-0.1, -0.05) is 0 Å². The van der Waals surface area contributed by atoms with Gasteiger partial charge < -0.3 is 10.6 Å². The third-order valence-electron chi connectivity index (χ3n) is 1.80. The van der Waals surface area contributed by atoms with Crippen molar-refractivity contribution in [2.75, 3.05) is 18.9 Å². The van der Waals surface area contributed by atoms with Crippen LogP contribution in [0.1, 0.15) is 6.42 Å². The van der Waals surface area contributed by atoms with Gasteiger partial charge in [0.05, 0.1) is 0 Å². The molecular weight excluding hydrogens is 183 g/mol. The zero-order valence-electron chi connectivity index (χ0n) is 8.01. The minimum absolute atomic E-state index is 0.0142. The summed E-state index contributed by atoms with van der Waals surface area (Å²) in [5.74, 6) is -0.276. The molecule has 0 aliphatic rings. The molecule has 0 aliphatic carbocycles. The van der Waals surface area contributed by atoms with Gasteiger partial charge in [0.25, 0.3) is 0 Å². The fourth-order valence-corrected chi connectivity index (χ4v) is 1.01. The number of rotatable bonds is 4. The summed E-state index contributed by atoms with van der Waals surface area (Å²) in [5, 5.41) is 5.53. The number of benzene rings is 1. The molecule has 0 radical (unpaired) electrons. The first-order valence-electron chi connectivity index (χ1n) is 4.42. The third kappa shape index (κ3) is 3.43. The van der Waals surface area contributed by atoms with Gasteiger partial charge >= 0.3 is 0 Å². The van der Waals surface area contributed by atoms with Gasteiger partial charge in [-0.25, -0.2) is 4.39 Å². The minimum atomic E-state index is -0.262. The van der Waals surface area contributed by atoms with E-state index in [1.54, 1.807) is 19.2 Å². The summed E-state index contributed by atoms with van der Waals surface area (Å²) < 4.78 is 12.5. The zero-order chi connectivity index (χ0) is 10.4. The molecule has 2 N–H and O–H groups in total. The standard InChI is InChI=1S/C10H13FN2O/c1-12-10(14)6-7-13-9-4-2-8(11)3-5-9/h2-5,13H,6-7H2,1H3,(H,12,14). The molecular formula is C10H13FN2O. The molecule has 0 heterocycles. The van der Waals surface area contributed by atoms with E-state index in [1.165, 1.54) is 12.1 Å². The highest BCUT2D eigenvalue weighted by atomic mass is 19.1. The largest absolute Gasteiger partial charge is 0.385 e. The molecule has 1 aromatic rings. The van der Waals surface area contributed by atoms with E-state index in [-0.39, 0.29) is 11.7 Å². The molecule has 0 aliphatic heterocycles. The lowest BCUT2D eigenvalue weighted by Gasteiger charge is -2.04. The summed E-state index contributed by atoms with van der Waals surface area (Å²) in [6.07, 6.45) is 0.411. The highest BCUT2D eigenvalue weighted by Gasteiger charge is 1.97. The van der Waals surface area contributed by atoms with Crippen LogP contribution in [0.3, 0.4) is 0 Å². The Morgan fingerprint density at radius 2 is 2.00 bits per heavy atom. The predicted molar refractivity (Wildman–Crippen MR) is 53.6 cm³/mol. The number of halogens is 1. The number of nitrogens with one attached hydrogen (secondary N) is 2. The molecule has 0 atom stereocenters. The molecule has 0 fully saturated rings. The SMILES string of the molecule is CNC(=O)CCNc1ccc(F)cc1. The quantitative estimate of drug-likeness (QED) is 0.763. The number of hydrogen-bond acceptors (Lipinski definition) is 2. The van der Waals surface area contributed by atoms with Crippen molar-refractivity contribution in [1.82, 2.24) is 5.32 Å². The Labute approximate surface area is 82.3 Å². The van der Waals surface area contributed by atoms with Crippen molar-refractivity contribution in [1.29, 1.82) is 0 Å². The van der Waals surface area contributed by atoms with Crippen LogP contribution in [0, 0.1) is 5.82 Å². The fourth-order valence-electron chi connectivity index (χ4n) is 1.01. The first-order chi connectivity index (χ1) is 6.72. The van der Waals surface area contributed by atoms with E-state index in [9.17, 15) is 9.18 Å². The molecule has 0 saturated heterocycles. The maximum Gasteiger partial charge on any atom is 0.221 e. The van der Waals surface area contributed by atoms with Crippen molar-refractivity contribution in [2.45, 2.75) is 6.42 Å². The highest BCUT2D eigenvalue weighted by molar-refractivity contribution is 5.76. The average Bonchev–Trinajstić information content (AvgIpc) is 2.21. The number of amides is 1. The third-order valence-corrected chi connectivity index (χ3v) is 1.80. The Hall–Kier alpha value is -1.58. The Balaban J connectivity index is 2.31. The monoisotopic (exact) mass is 196 g/mol. The van der Waals surface area contributed by atoms with Crippen LogP contribution in [0.2, 0.25) is 0 Å². The van der Waals surface area contributed by atoms with Crippen LogP contribution in [0.5, 0.6) is 0 Å². The van der Waals surface area contributed by atoms with Gasteiger partial charge in [0.1, 0.15) is 5.82 Å². The van der Waals surface area contributed by atoms with Gasteiger partial charge in [0, 0.05) is 25.7 Å². The van der Waals surface area contributed by atoms with Crippen molar-refractivity contribution in [3.63, 3.8) is 0 Å². The molecule has 14 heavy (non-hydrogen) atoms. The summed E-state index contributed by atoms with van der Waals surface area (Å²) in [7, 11) is 1.60. The lowest BCUT2D eigenvalue weighted by Crippen LogP contribution is -2.20. The van der Waals surface area contributed by atoms with Crippen molar-refractivity contribution in [3.8, 4) is 0 Å². The lowest BCUT2D eigenvalue weighted by molar-refractivity contribution is -0.120. The Kier molecular flexibility index (Phi) is 3.91. The molecule has 0 saturated carbocycles. The van der Waals surface area contributed by atoms with Crippen molar-refractivity contribution in [3.05, 3.63) is 30.1 Å². The lowest BCUT2D eigenvalue weighted by atomic mass is 10.3. The summed E-state index contributed by atoms with van der Waals surface area (Å²) >= 11 is 0. The normalized spacial score (nSPS) is 9.57. The van der Waals surface area contributed by atoms with Crippen LogP contribution in [-0.2, 0) is 4.79 Å². The minimum Gasteiger partial charge on any atom is -0.385 e. The van der Waals surface area contributed by atoms with Gasteiger partial charge in [-0.15, -0.1) is 0 Å². The van der Waals surface area contributed by atoms with Crippen LogP contribution in [0.25, 0.3) is 0 Å². The topological polar surface area (TPSA) is 41.1 Å². The number of anilines is 1. The Morgan fingerprint density at radius 1 is 1.36 bits per heavy atom. The van der Waals surface area contributed by atoms with Crippen LogP contribution in [0.4, 0.5) is 10.1 Å². The highest BCUT2D eigenvalue weighted by Crippen LogP contribution is 2.07. The van der Waals surface area contributed by atoms with E-state index in [0.29, 0.717) is 13.0 Å². The van der Waals surface area contributed by atoms with Gasteiger partial charge in [-0.3, -0.25) is 4.79 Å². The summed E-state index contributed by atoms with van der Waals surface area (Å²) in [5.41, 5.74) is 0.815. The number of carbonyl (C=O) groups excluding carboxylic acids is 1. The van der Waals surface area contributed by atoms with Crippen LogP contribution in [-0.4, -0.2) is 19.5 Å². The first kappa shape index (κ1) is 10.5. The van der Waals surface area contributed by atoms with E-state index < -0.39 is 0 Å². The van der Waals surface area contributed by atoms with E-state index in [1.807, 2.05) is 0 Å². The van der Waals surface area contributed by atoms with Crippen molar-refractivity contribution in [2.24, 2.45) is 0 Å². The summed E-state index contributed by atoms with van der Waals surface area (Å²) in [6, 6.07) is 6.03. The maximum absolute atomic E-state index is 12.5. The van der Waals surface area contributed by atoms with Crippen LogP contribution >= 0.6 is 0 Å².